The molecule has 0 saturated heterocycles. The van der Waals surface area contributed by atoms with Crippen molar-refractivity contribution in [3.05, 3.63) is 65.0 Å². The average molecular weight is 472 g/mol. The molecule has 0 saturated carbocycles. The quantitative estimate of drug-likeness (QED) is 0.483. The first-order valence-corrected chi connectivity index (χ1v) is 10.2. The van der Waals surface area contributed by atoms with Gasteiger partial charge in [-0.25, -0.2) is 14.2 Å². The summed E-state index contributed by atoms with van der Waals surface area (Å²) in [6.07, 6.45) is 4.42. The van der Waals surface area contributed by atoms with Gasteiger partial charge in [-0.15, -0.1) is 4.80 Å². The van der Waals surface area contributed by atoms with E-state index in [0.717, 1.165) is 0 Å². The number of carbonyl (C=O) groups is 1. The number of rotatable bonds is 7. The predicted octanol–water partition coefficient (Wildman–Crippen LogP) is 4.76. The number of ether oxygens (including phenoxy) is 1. The van der Waals surface area contributed by atoms with Crippen molar-refractivity contribution in [1.29, 1.82) is 0 Å². The summed E-state index contributed by atoms with van der Waals surface area (Å²) in [5.74, 6) is -0.130. The fourth-order valence-electron chi connectivity index (χ4n) is 3.29. The summed E-state index contributed by atoms with van der Waals surface area (Å²) in [6.45, 7) is 8.84. The van der Waals surface area contributed by atoms with E-state index in [1.165, 1.54) is 54.8 Å². The number of halogens is 2. The van der Waals surface area contributed by atoms with Gasteiger partial charge in [0.25, 0.3) is 0 Å². The van der Waals surface area contributed by atoms with Gasteiger partial charge in [-0.2, -0.15) is 10.2 Å². The fraction of sp³-hybridized carbons (Fsp3) is 0.227. The number of nitrogens with zero attached hydrogens (tertiary/aromatic N) is 5. The van der Waals surface area contributed by atoms with Gasteiger partial charge >= 0.3 is 6.03 Å². The van der Waals surface area contributed by atoms with E-state index in [0.29, 0.717) is 34.0 Å². The Bertz CT molecular complexity index is 1210. The zero-order valence-corrected chi connectivity index (χ0v) is 19.3. The minimum atomic E-state index is -0.881. The van der Waals surface area contributed by atoms with E-state index in [1.54, 1.807) is 20.8 Å². The molecule has 0 fully saturated rings. The number of urea groups is 1. The molecule has 9 nitrogen and oxygen atoms in total. The molecule has 0 aliphatic rings. The summed E-state index contributed by atoms with van der Waals surface area (Å²) < 4.78 is 19.7. The lowest BCUT2D eigenvalue weighted by Gasteiger charge is -2.30. The first-order valence-electron chi connectivity index (χ1n) is 9.79. The van der Waals surface area contributed by atoms with Crippen LogP contribution in [0.1, 0.15) is 26.3 Å². The number of allylic oxidation sites excluding steroid dienone is 1. The van der Waals surface area contributed by atoms with Crippen molar-refractivity contribution < 1.29 is 13.9 Å². The van der Waals surface area contributed by atoms with Crippen LogP contribution >= 0.6 is 11.6 Å². The number of carbonyl (C=O) groups excluding carboxylic acids is 1. The van der Waals surface area contributed by atoms with Crippen molar-refractivity contribution >= 4 is 41.3 Å². The number of aromatic nitrogens is 4. The number of benzene rings is 1. The van der Waals surface area contributed by atoms with Gasteiger partial charge in [-0.1, -0.05) is 11.6 Å². The Kier molecular flexibility index (Phi) is 7.19. The Hall–Kier alpha value is -3.63. The Balaban J connectivity index is 1.90. The first-order chi connectivity index (χ1) is 15.7. The Labute approximate surface area is 195 Å². The molecule has 33 heavy (non-hydrogen) atoms. The molecule has 0 aliphatic carbocycles. The summed E-state index contributed by atoms with van der Waals surface area (Å²) in [5.41, 5.74) is 1.36. The summed E-state index contributed by atoms with van der Waals surface area (Å²) in [4.78, 5) is 22.1. The molecule has 3 aromatic rings. The maximum Gasteiger partial charge on any atom is 0.323 e. The van der Waals surface area contributed by atoms with Crippen LogP contribution in [0, 0.1) is 5.82 Å². The lowest BCUT2D eigenvalue weighted by Crippen LogP contribution is -2.33. The Morgan fingerprint density at radius 2 is 1.97 bits per heavy atom. The van der Waals surface area contributed by atoms with E-state index in [4.69, 9.17) is 16.3 Å². The number of aliphatic imine (C=N–C) groups is 1. The van der Waals surface area contributed by atoms with E-state index >= 15 is 0 Å². The van der Waals surface area contributed by atoms with Gasteiger partial charge < -0.3 is 15.4 Å². The van der Waals surface area contributed by atoms with Gasteiger partial charge in [0.05, 0.1) is 40.6 Å². The summed E-state index contributed by atoms with van der Waals surface area (Å²) in [5, 5.41) is 13.6. The first kappa shape index (κ1) is 24.0. The summed E-state index contributed by atoms with van der Waals surface area (Å²) in [7, 11) is 1.53. The van der Waals surface area contributed by atoms with Crippen molar-refractivity contribution in [1.82, 2.24) is 25.3 Å². The van der Waals surface area contributed by atoms with Crippen LogP contribution in [0.3, 0.4) is 0 Å². The molecule has 0 spiro atoms. The predicted molar refractivity (Wildman–Crippen MR) is 126 cm³/mol. The standard InChI is InChI=1S/C22H23ClFN7O2/c1-13(19(22(2,3)33-5)16-10-14(24)6-7-18(16)25-4)29-21(32)30-15-11-17(23)20(26-12-15)31-27-8-9-28-31/h6-12H,4H2,1-3,5H3,(H2,29,30,32)/b19-13-. The lowest BCUT2D eigenvalue weighted by atomic mass is 9.88. The molecule has 0 unspecified atom stereocenters. The molecule has 0 radical (unpaired) electrons. The summed E-state index contributed by atoms with van der Waals surface area (Å²) in [6, 6.07) is 5.11. The molecule has 0 bridgehead atoms. The van der Waals surface area contributed by atoms with Crippen molar-refractivity contribution in [3.8, 4) is 5.82 Å². The van der Waals surface area contributed by atoms with Crippen LogP contribution in [-0.4, -0.2) is 45.4 Å². The monoisotopic (exact) mass is 471 g/mol. The van der Waals surface area contributed by atoms with Gasteiger partial charge in [-0.05, 0) is 51.8 Å². The van der Waals surface area contributed by atoms with Crippen molar-refractivity contribution in [2.24, 2.45) is 4.99 Å². The molecule has 2 heterocycles. The van der Waals surface area contributed by atoms with Crippen LogP contribution in [-0.2, 0) is 4.74 Å². The maximum absolute atomic E-state index is 14.1. The molecule has 3 rings (SSSR count). The van der Waals surface area contributed by atoms with E-state index in [1.807, 2.05) is 0 Å². The van der Waals surface area contributed by atoms with Gasteiger partial charge in [0, 0.05) is 23.9 Å². The number of hydrogen-bond donors (Lipinski definition) is 2. The van der Waals surface area contributed by atoms with Crippen LogP contribution in [0.5, 0.6) is 0 Å². The van der Waals surface area contributed by atoms with E-state index in [-0.39, 0.29) is 5.02 Å². The lowest BCUT2D eigenvalue weighted by molar-refractivity contribution is 0.0738. The van der Waals surface area contributed by atoms with Crippen LogP contribution in [0.15, 0.2) is 53.5 Å². The van der Waals surface area contributed by atoms with Crippen molar-refractivity contribution in [2.75, 3.05) is 12.4 Å². The van der Waals surface area contributed by atoms with E-state index < -0.39 is 17.4 Å². The molecule has 2 N–H and O–H groups in total. The molecule has 172 valence electrons. The van der Waals surface area contributed by atoms with Gasteiger partial charge in [0.15, 0.2) is 5.82 Å². The average Bonchev–Trinajstić information content (AvgIpc) is 3.28. The maximum atomic E-state index is 14.1. The minimum absolute atomic E-state index is 0.249. The number of nitrogens with one attached hydrogen (secondary N) is 2. The third kappa shape index (κ3) is 5.41. The molecule has 1 aromatic carbocycles. The number of anilines is 1. The van der Waals surface area contributed by atoms with Gasteiger partial charge in [-0.3, -0.25) is 4.99 Å². The van der Waals surface area contributed by atoms with Crippen molar-refractivity contribution in [2.45, 2.75) is 26.4 Å². The molecular weight excluding hydrogens is 449 g/mol. The number of hydrogen-bond acceptors (Lipinski definition) is 6. The summed E-state index contributed by atoms with van der Waals surface area (Å²) >= 11 is 6.25. The SMILES string of the molecule is C=Nc1ccc(F)cc1/C(=C(\C)NC(=O)Nc1cnc(-n2nccn2)c(Cl)c1)C(C)(C)OC. The topological polar surface area (TPSA) is 106 Å². The minimum Gasteiger partial charge on any atom is -0.374 e. The smallest absolute Gasteiger partial charge is 0.323 e. The number of methoxy groups -OCH3 is 1. The number of amides is 2. The van der Waals surface area contributed by atoms with E-state index in [9.17, 15) is 9.18 Å². The third-order valence-electron chi connectivity index (χ3n) is 4.87. The zero-order chi connectivity index (χ0) is 24.2. The second kappa shape index (κ2) is 9.88. The van der Waals surface area contributed by atoms with Crippen LogP contribution < -0.4 is 10.6 Å². The molecular formula is C22H23ClFN7O2. The highest BCUT2D eigenvalue weighted by Crippen LogP contribution is 2.37. The van der Waals surface area contributed by atoms with E-state index in [2.05, 4.69) is 37.5 Å². The van der Waals surface area contributed by atoms with Gasteiger partial charge in [0.1, 0.15) is 5.82 Å². The molecule has 2 aromatic heterocycles. The largest absolute Gasteiger partial charge is 0.374 e. The zero-order valence-electron chi connectivity index (χ0n) is 18.6. The van der Waals surface area contributed by atoms with Crippen LogP contribution in [0.4, 0.5) is 20.6 Å². The highest BCUT2D eigenvalue weighted by atomic mass is 35.5. The van der Waals surface area contributed by atoms with Gasteiger partial charge in [0.2, 0.25) is 0 Å². The van der Waals surface area contributed by atoms with Crippen molar-refractivity contribution in [3.63, 3.8) is 0 Å². The highest BCUT2D eigenvalue weighted by Gasteiger charge is 2.29. The normalized spacial score (nSPS) is 12.2. The highest BCUT2D eigenvalue weighted by molar-refractivity contribution is 6.32. The molecule has 0 atom stereocenters. The third-order valence-corrected chi connectivity index (χ3v) is 5.15. The Morgan fingerprint density at radius 1 is 1.27 bits per heavy atom. The molecule has 2 amide bonds. The second-order valence-electron chi connectivity index (χ2n) is 7.46. The number of pyridine rings is 1. The second-order valence-corrected chi connectivity index (χ2v) is 7.87. The van der Waals surface area contributed by atoms with Crippen LogP contribution in [0.25, 0.3) is 11.4 Å². The fourth-order valence-corrected chi connectivity index (χ4v) is 3.53. The molecule has 0 aliphatic heterocycles. The molecule has 11 heteroatoms. The van der Waals surface area contributed by atoms with Crippen LogP contribution in [0.2, 0.25) is 5.02 Å². The Morgan fingerprint density at radius 3 is 2.58 bits per heavy atom.